The Hall–Kier alpha value is -0.760. The number of aliphatic hydroxyl groups is 3. The van der Waals surface area contributed by atoms with Crippen molar-refractivity contribution in [2.45, 2.75) is 36.9 Å². The van der Waals surface area contributed by atoms with Crippen LogP contribution in [0.2, 0.25) is 0 Å². The molecule has 5 unspecified atom stereocenters. The van der Waals surface area contributed by atoms with Crippen molar-refractivity contribution in [1.82, 2.24) is 10.6 Å². The Morgan fingerprint density at radius 2 is 2.00 bits per heavy atom. The Bertz CT molecular complexity index is 252. The van der Waals surface area contributed by atoms with Gasteiger partial charge >= 0.3 is 0 Å². The van der Waals surface area contributed by atoms with E-state index >= 15 is 0 Å². The zero-order valence-corrected chi connectivity index (χ0v) is 8.93. The first-order valence-corrected chi connectivity index (χ1v) is 5.09. The number of piperidine rings is 1. The quantitative estimate of drug-likeness (QED) is 0.373. The van der Waals surface area contributed by atoms with Crippen LogP contribution < -0.4 is 10.6 Å². The largest absolute Gasteiger partial charge is 0.395 e. The predicted molar refractivity (Wildman–Crippen MR) is 53.4 cm³/mol. The highest BCUT2D eigenvalue weighted by atomic mass is 19.1. The van der Waals surface area contributed by atoms with E-state index in [1.54, 1.807) is 0 Å². The number of alkyl halides is 1. The van der Waals surface area contributed by atoms with Crippen LogP contribution in [-0.4, -0.2) is 65.3 Å². The lowest BCUT2D eigenvalue weighted by Gasteiger charge is -2.39. The first-order valence-electron chi connectivity index (χ1n) is 5.09. The van der Waals surface area contributed by atoms with Gasteiger partial charge in [0.15, 0.2) is 0 Å². The average molecular weight is 236 g/mol. The minimum Gasteiger partial charge on any atom is -0.395 e. The van der Waals surface area contributed by atoms with E-state index in [1.807, 2.05) is 0 Å². The molecule has 0 spiro atoms. The molecule has 1 amide bonds. The fourth-order valence-corrected chi connectivity index (χ4v) is 1.76. The molecule has 0 aliphatic carbocycles. The van der Waals surface area contributed by atoms with E-state index in [0.717, 1.165) is 0 Å². The number of nitrogens with one attached hydrogen (secondary N) is 2. The van der Waals surface area contributed by atoms with E-state index in [1.165, 1.54) is 7.05 Å². The van der Waals surface area contributed by atoms with Gasteiger partial charge in [-0.15, -0.1) is 0 Å². The van der Waals surface area contributed by atoms with E-state index in [-0.39, 0.29) is 12.3 Å². The number of carbonyl (C=O) groups excluding carboxylic acids is 1. The maximum atomic E-state index is 13.4. The van der Waals surface area contributed by atoms with Gasteiger partial charge in [0, 0.05) is 19.5 Å². The van der Waals surface area contributed by atoms with Gasteiger partial charge < -0.3 is 26.0 Å². The first kappa shape index (κ1) is 13.3. The monoisotopic (exact) mass is 236 g/mol. The van der Waals surface area contributed by atoms with E-state index in [9.17, 15) is 19.4 Å². The molecule has 0 saturated carbocycles. The molecule has 1 fully saturated rings. The normalized spacial score (nSPS) is 39.4. The van der Waals surface area contributed by atoms with Crippen molar-refractivity contribution in [3.63, 3.8) is 0 Å². The second kappa shape index (κ2) is 5.53. The molecule has 5 atom stereocenters. The van der Waals surface area contributed by atoms with Gasteiger partial charge in [-0.05, 0) is 0 Å². The fourth-order valence-electron chi connectivity index (χ4n) is 1.76. The third kappa shape index (κ3) is 2.67. The highest BCUT2D eigenvalue weighted by molar-refractivity contribution is 5.76. The zero-order chi connectivity index (χ0) is 12.3. The lowest BCUT2D eigenvalue weighted by atomic mass is 9.90. The van der Waals surface area contributed by atoms with Crippen molar-refractivity contribution >= 4 is 5.91 Å². The summed E-state index contributed by atoms with van der Waals surface area (Å²) in [4.78, 5) is 11.1. The molecule has 94 valence electrons. The third-order valence-electron chi connectivity index (χ3n) is 2.78. The highest BCUT2D eigenvalue weighted by Gasteiger charge is 2.43. The van der Waals surface area contributed by atoms with Gasteiger partial charge in [0.25, 0.3) is 0 Å². The summed E-state index contributed by atoms with van der Waals surface area (Å²) in [7, 11) is 1.44. The molecule has 16 heavy (non-hydrogen) atoms. The Labute approximate surface area is 92.5 Å². The SMILES string of the molecule is CNC(=O)CC1NC(CO)C(F)C(O)C1O. The van der Waals surface area contributed by atoms with Crippen LogP contribution in [0.25, 0.3) is 0 Å². The van der Waals surface area contributed by atoms with E-state index in [4.69, 9.17) is 5.11 Å². The number of rotatable bonds is 3. The van der Waals surface area contributed by atoms with Crippen molar-refractivity contribution in [3.05, 3.63) is 0 Å². The van der Waals surface area contributed by atoms with Gasteiger partial charge in [0.2, 0.25) is 5.91 Å². The summed E-state index contributed by atoms with van der Waals surface area (Å²) < 4.78 is 13.4. The second-order valence-corrected chi connectivity index (χ2v) is 3.87. The molecule has 1 aliphatic heterocycles. The Morgan fingerprint density at radius 1 is 1.38 bits per heavy atom. The van der Waals surface area contributed by atoms with E-state index in [0.29, 0.717) is 0 Å². The maximum absolute atomic E-state index is 13.4. The van der Waals surface area contributed by atoms with Crippen molar-refractivity contribution in [1.29, 1.82) is 0 Å². The van der Waals surface area contributed by atoms with Crippen molar-refractivity contribution < 1.29 is 24.5 Å². The Morgan fingerprint density at radius 3 is 2.50 bits per heavy atom. The summed E-state index contributed by atoms with van der Waals surface area (Å²) >= 11 is 0. The van der Waals surface area contributed by atoms with Gasteiger partial charge in [-0.1, -0.05) is 0 Å². The van der Waals surface area contributed by atoms with Gasteiger partial charge in [-0.2, -0.15) is 0 Å². The Balaban J connectivity index is 2.67. The molecule has 1 heterocycles. The molecule has 6 nitrogen and oxygen atoms in total. The summed E-state index contributed by atoms with van der Waals surface area (Å²) in [5.74, 6) is -0.335. The van der Waals surface area contributed by atoms with Gasteiger partial charge in [-0.3, -0.25) is 4.79 Å². The molecule has 1 aliphatic rings. The van der Waals surface area contributed by atoms with Crippen LogP contribution >= 0.6 is 0 Å². The number of carbonyl (C=O) groups is 1. The fraction of sp³-hybridized carbons (Fsp3) is 0.889. The van der Waals surface area contributed by atoms with Gasteiger partial charge in [0.05, 0.1) is 18.8 Å². The molecule has 7 heteroatoms. The van der Waals surface area contributed by atoms with Crippen molar-refractivity contribution in [2.75, 3.05) is 13.7 Å². The van der Waals surface area contributed by atoms with Crippen molar-refractivity contribution in [2.24, 2.45) is 0 Å². The zero-order valence-electron chi connectivity index (χ0n) is 8.93. The maximum Gasteiger partial charge on any atom is 0.221 e. The predicted octanol–water partition coefficient (Wildman–Crippen LogP) is -2.48. The van der Waals surface area contributed by atoms with Gasteiger partial charge in [-0.25, -0.2) is 4.39 Å². The molecule has 5 N–H and O–H groups in total. The lowest BCUT2D eigenvalue weighted by molar-refractivity contribution is -0.126. The minimum absolute atomic E-state index is 0.0854. The molecular weight excluding hydrogens is 219 g/mol. The number of amides is 1. The molecule has 1 saturated heterocycles. The second-order valence-electron chi connectivity index (χ2n) is 3.87. The molecular formula is C9H17FN2O4. The summed E-state index contributed by atoms with van der Waals surface area (Å²) in [5, 5.41) is 32.8. The standard InChI is InChI=1S/C9H17FN2O4/c1-11-6(14)2-4-8(15)9(16)7(10)5(3-13)12-4/h4-5,7-9,12-13,15-16H,2-3H2,1H3,(H,11,14). The van der Waals surface area contributed by atoms with E-state index in [2.05, 4.69) is 10.6 Å². The number of aliphatic hydroxyl groups excluding tert-OH is 3. The third-order valence-corrected chi connectivity index (χ3v) is 2.78. The minimum atomic E-state index is -1.75. The molecule has 0 aromatic carbocycles. The summed E-state index contributed by atoms with van der Waals surface area (Å²) in [5.41, 5.74) is 0. The van der Waals surface area contributed by atoms with E-state index < -0.39 is 37.1 Å². The average Bonchev–Trinajstić information content (AvgIpc) is 2.29. The van der Waals surface area contributed by atoms with Crippen LogP contribution in [0.1, 0.15) is 6.42 Å². The molecule has 0 bridgehead atoms. The Kier molecular flexibility index (Phi) is 4.60. The molecule has 1 rings (SSSR count). The smallest absolute Gasteiger partial charge is 0.221 e. The van der Waals surface area contributed by atoms with Crippen LogP contribution in [0.3, 0.4) is 0 Å². The van der Waals surface area contributed by atoms with Crippen LogP contribution in [0.15, 0.2) is 0 Å². The van der Waals surface area contributed by atoms with Gasteiger partial charge in [0.1, 0.15) is 12.3 Å². The summed E-state index contributed by atoms with van der Waals surface area (Å²) in [6.07, 6.45) is -4.79. The summed E-state index contributed by atoms with van der Waals surface area (Å²) in [6.45, 7) is -0.505. The number of halogens is 1. The number of hydrogen-bond acceptors (Lipinski definition) is 5. The summed E-state index contributed by atoms with van der Waals surface area (Å²) in [6, 6.07) is -1.73. The molecule has 0 radical (unpaired) electrons. The topological polar surface area (TPSA) is 102 Å². The number of hydrogen-bond donors (Lipinski definition) is 5. The van der Waals surface area contributed by atoms with Crippen LogP contribution in [0.5, 0.6) is 0 Å². The van der Waals surface area contributed by atoms with Crippen LogP contribution in [0, 0.1) is 0 Å². The lowest BCUT2D eigenvalue weighted by Crippen LogP contribution is -2.65. The van der Waals surface area contributed by atoms with Crippen LogP contribution in [-0.2, 0) is 4.79 Å². The first-order chi connectivity index (χ1) is 7.51. The molecule has 0 aromatic rings. The molecule has 0 aromatic heterocycles. The highest BCUT2D eigenvalue weighted by Crippen LogP contribution is 2.19. The van der Waals surface area contributed by atoms with Crippen LogP contribution in [0.4, 0.5) is 4.39 Å². The van der Waals surface area contributed by atoms with Crippen molar-refractivity contribution in [3.8, 4) is 0 Å².